The minimum atomic E-state index is -2.86. The Balaban J connectivity index is 2.59. The van der Waals surface area contributed by atoms with E-state index in [9.17, 15) is 18.7 Å². The molecule has 0 aliphatic heterocycles. The van der Waals surface area contributed by atoms with E-state index < -0.39 is 24.1 Å². The first kappa shape index (κ1) is 16.4. The monoisotopic (exact) mass is 288 g/mol. The molecule has 4 nitrogen and oxygen atoms in total. The van der Waals surface area contributed by atoms with Gasteiger partial charge >= 0.3 is 12.6 Å². The first-order valence-electron chi connectivity index (χ1n) is 6.21. The van der Waals surface area contributed by atoms with E-state index in [0.29, 0.717) is 6.42 Å². The fraction of sp³-hybridized carbons (Fsp3) is 0.500. The number of halogens is 2. The second-order valence-corrected chi connectivity index (χ2v) is 4.94. The number of hydrogen-bond acceptors (Lipinski definition) is 3. The Labute approximate surface area is 116 Å². The minimum Gasteiger partial charge on any atom is -0.481 e. The van der Waals surface area contributed by atoms with Crippen molar-refractivity contribution < 1.29 is 28.5 Å². The summed E-state index contributed by atoms with van der Waals surface area (Å²) in [5, 5.41) is 19.0. The van der Waals surface area contributed by atoms with Crippen molar-refractivity contribution in [3.8, 4) is 5.75 Å². The molecule has 0 amide bonds. The van der Waals surface area contributed by atoms with Crippen molar-refractivity contribution in [1.82, 2.24) is 0 Å². The molecule has 0 radical (unpaired) electrons. The summed E-state index contributed by atoms with van der Waals surface area (Å²) in [7, 11) is 0. The van der Waals surface area contributed by atoms with Crippen LogP contribution in [-0.4, -0.2) is 28.4 Å². The Kier molecular flexibility index (Phi) is 5.44. The van der Waals surface area contributed by atoms with Gasteiger partial charge in [0.2, 0.25) is 0 Å². The summed E-state index contributed by atoms with van der Waals surface area (Å²) < 4.78 is 28.2. The molecule has 0 aliphatic carbocycles. The lowest BCUT2D eigenvalue weighted by Gasteiger charge is -2.27. The molecule has 2 N–H and O–H groups in total. The van der Waals surface area contributed by atoms with E-state index in [0.717, 1.165) is 5.56 Å². The zero-order valence-corrected chi connectivity index (χ0v) is 11.3. The molecule has 1 rings (SSSR count). The molecule has 0 fully saturated rings. The summed E-state index contributed by atoms with van der Waals surface area (Å²) in [6, 6.07) is 6.05. The number of benzene rings is 1. The van der Waals surface area contributed by atoms with Crippen molar-refractivity contribution in [2.45, 2.75) is 38.9 Å². The Bertz CT molecular complexity index is 443. The number of hydrogen-bond donors (Lipinski definition) is 2. The van der Waals surface area contributed by atoms with Gasteiger partial charge in [0, 0.05) is 0 Å². The quantitative estimate of drug-likeness (QED) is 0.809. The zero-order valence-electron chi connectivity index (χ0n) is 11.3. The second kappa shape index (κ2) is 6.65. The van der Waals surface area contributed by atoms with Gasteiger partial charge in [0.25, 0.3) is 0 Å². The van der Waals surface area contributed by atoms with Gasteiger partial charge in [-0.3, -0.25) is 4.79 Å². The van der Waals surface area contributed by atoms with Gasteiger partial charge in [-0.15, -0.1) is 0 Å². The number of aliphatic hydroxyl groups is 1. The van der Waals surface area contributed by atoms with Gasteiger partial charge in [-0.05, 0) is 44.4 Å². The molecule has 0 aromatic heterocycles. The number of carboxylic acids is 1. The molecular formula is C14H18F2O4. The number of alkyl halides is 2. The van der Waals surface area contributed by atoms with Gasteiger partial charge in [0.15, 0.2) is 0 Å². The second-order valence-electron chi connectivity index (χ2n) is 4.94. The van der Waals surface area contributed by atoms with E-state index in [-0.39, 0.29) is 12.2 Å². The molecule has 0 saturated heterocycles. The van der Waals surface area contributed by atoms with Gasteiger partial charge in [-0.1, -0.05) is 12.1 Å². The van der Waals surface area contributed by atoms with Crippen LogP contribution in [0.2, 0.25) is 0 Å². The van der Waals surface area contributed by atoms with Crippen LogP contribution in [0.15, 0.2) is 24.3 Å². The fourth-order valence-electron chi connectivity index (χ4n) is 1.72. The topological polar surface area (TPSA) is 66.8 Å². The highest BCUT2D eigenvalue weighted by molar-refractivity contribution is 5.70. The van der Waals surface area contributed by atoms with Crippen LogP contribution in [0.4, 0.5) is 8.78 Å². The normalized spacial score (nSPS) is 15.7. The fourth-order valence-corrected chi connectivity index (χ4v) is 1.72. The number of aliphatic carboxylic acids is 1. The highest BCUT2D eigenvalue weighted by atomic mass is 19.3. The highest BCUT2D eigenvalue weighted by Gasteiger charge is 2.33. The third-order valence-electron chi connectivity index (χ3n) is 3.37. The number of carboxylic acid groups (broad SMARTS) is 1. The summed E-state index contributed by atoms with van der Waals surface area (Å²) in [5.41, 5.74) is -0.520. The summed E-state index contributed by atoms with van der Waals surface area (Å²) in [6.45, 7) is 0.0557. The molecule has 1 aromatic carbocycles. The molecule has 0 bridgehead atoms. The molecule has 0 saturated carbocycles. The number of aryl methyl sites for hydroxylation is 1. The van der Waals surface area contributed by atoms with E-state index in [1.807, 2.05) is 0 Å². The molecule has 6 heteroatoms. The Morgan fingerprint density at radius 2 is 1.90 bits per heavy atom. The van der Waals surface area contributed by atoms with Crippen molar-refractivity contribution >= 4 is 5.97 Å². The number of carbonyl (C=O) groups is 1. The largest absolute Gasteiger partial charge is 0.481 e. The van der Waals surface area contributed by atoms with E-state index in [4.69, 9.17) is 5.11 Å². The van der Waals surface area contributed by atoms with Gasteiger partial charge < -0.3 is 14.9 Å². The summed E-state index contributed by atoms with van der Waals surface area (Å²) in [5.74, 6) is -1.88. The van der Waals surface area contributed by atoms with Gasteiger partial charge in [-0.2, -0.15) is 8.78 Å². The predicted octanol–water partition coefficient (Wildman–Crippen LogP) is 2.69. The van der Waals surface area contributed by atoms with Crippen LogP contribution >= 0.6 is 0 Å². The average molecular weight is 288 g/mol. The smallest absolute Gasteiger partial charge is 0.387 e. The molecule has 20 heavy (non-hydrogen) atoms. The van der Waals surface area contributed by atoms with Gasteiger partial charge in [0.05, 0.1) is 11.5 Å². The van der Waals surface area contributed by atoms with Crippen LogP contribution in [0.25, 0.3) is 0 Å². The predicted molar refractivity (Wildman–Crippen MR) is 68.8 cm³/mol. The van der Waals surface area contributed by atoms with Crippen LogP contribution in [0.1, 0.15) is 25.8 Å². The number of rotatable bonds is 7. The summed E-state index contributed by atoms with van der Waals surface area (Å²) in [4.78, 5) is 10.9. The van der Waals surface area contributed by atoms with Gasteiger partial charge in [0.1, 0.15) is 5.75 Å². The van der Waals surface area contributed by atoms with E-state index in [1.54, 1.807) is 12.1 Å². The minimum absolute atomic E-state index is 0.0643. The third kappa shape index (κ3) is 4.77. The lowest BCUT2D eigenvalue weighted by molar-refractivity contribution is -0.150. The van der Waals surface area contributed by atoms with Crippen LogP contribution in [0.5, 0.6) is 5.75 Å². The van der Waals surface area contributed by atoms with Crippen molar-refractivity contribution in [3.05, 3.63) is 29.8 Å². The SMILES string of the molecule is CC(C(=O)O)C(C)(O)CCc1ccc(OC(F)F)cc1. The molecular weight excluding hydrogens is 270 g/mol. The summed E-state index contributed by atoms with van der Waals surface area (Å²) >= 11 is 0. The maximum atomic E-state index is 12.0. The zero-order chi connectivity index (χ0) is 15.3. The molecule has 112 valence electrons. The van der Waals surface area contributed by atoms with E-state index >= 15 is 0 Å². The average Bonchev–Trinajstić information content (AvgIpc) is 2.36. The molecule has 0 spiro atoms. The lowest BCUT2D eigenvalue weighted by Crippen LogP contribution is -2.38. The standard InChI is InChI=1S/C14H18F2O4/c1-9(12(17)18)14(2,19)8-7-10-3-5-11(6-4-10)20-13(15)16/h3-6,9,13,19H,7-8H2,1-2H3,(H,17,18). The molecule has 0 aliphatic rings. The van der Waals surface area contributed by atoms with Gasteiger partial charge in [-0.25, -0.2) is 0 Å². The maximum absolute atomic E-state index is 12.0. The molecule has 2 atom stereocenters. The number of ether oxygens (including phenoxy) is 1. The first-order valence-corrected chi connectivity index (χ1v) is 6.21. The Hall–Kier alpha value is -1.69. The Morgan fingerprint density at radius 1 is 1.35 bits per heavy atom. The van der Waals surface area contributed by atoms with Crippen LogP contribution in [0, 0.1) is 5.92 Å². The first-order chi connectivity index (χ1) is 9.22. The van der Waals surface area contributed by atoms with E-state index in [1.165, 1.54) is 26.0 Å². The van der Waals surface area contributed by atoms with E-state index in [2.05, 4.69) is 4.74 Å². The molecule has 1 aromatic rings. The van der Waals surface area contributed by atoms with Crippen molar-refractivity contribution in [2.24, 2.45) is 5.92 Å². The van der Waals surface area contributed by atoms with Crippen LogP contribution in [0.3, 0.4) is 0 Å². The maximum Gasteiger partial charge on any atom is 0.387 e. The molecule has 2 unspecified atom stereocenters. The molecule has 0 heterocycles. The third-order valence-corrected chi connectivity index (χ3v) is 3.37. The highest BCUT2D eigenvalue weighted by Crippen LogP contribution is 2.24. The van der Waals surface area contributed by atoms with Crippen molar-refractivity contribution in [3.63, 3.8) is 0 Å². The summed E-state index contributed by atoms with van der Waals surface area (Å²) in [6.07, 6.45) is 0.703. The van der Waals surface area contributed by atoms with Crippen LogP contribution < -0.4 is 4.74 Å². The lowest BCUT2D eigenvalue weighted by atomic mass is 9.85. The van der Waals surface area contributed by atoms with Crippen molar-refractivity contribution in [2.75, 3.05) is 0 Å². The van der Waals surface area contributed by atoms with Crippen molar-refractivity contribution in [1.29, 1.82) is 0 Å². The van der Waals surface area contributed by atoms with Crippen LogP contribution in [-0.2, 0) is 11.2 Å². The Morgan fingerprint density at radius 3 is 2.35 bits per heavy atom.